The van der Waals surface area contributed by atoms with Gasteiger partial charge in [0.25, 0.3) is 0 Å². The molecule has 215 valence electrons. The molecule has 0 amide bonds. The van der Waals surface area contributed by atoms with E-state index < -0.39 is 0 Å². The van der Waals surface area contributed by atoms with Crippen molar-refractivity contribution in [1.29, 1.82) is 0 Å². The number of unbranched alkanes of at least 4 members (excludes halogenated alkanes) is 15. The van der Waals surface area contributed by atoms with Crippen LogP contribution in [0.5, 0.6) is 0 Å². The first-order chi connectivity index (χ1) is 18.2. The monoisotopic (exact) mass is 512 g/mol. The van der Waals surface area contributed by atoms with E-state index in [1.165, 1.54) is 161 Å². The van der Waals surface area contributed by atoms with Gasteiger partial charge < -0.3 is 0 Å². The maximum Gasteiger partial charge on any atom is 0.00527 e. The van der Waals surface area contributed by atoms with Crippen molar-refractivity contribution in [3.05, 3.63) is 40.3 Å². The summed E-state index contributed by atoms with van der Waals surface area (Å²) < 4.78 is 0. The number of hydrogen-bond acceptors (Lipinski definition) is 0. The highest BCUT2D eigenvalue weighted by Gasteiger charge is 2.20. The lowest BCUT2D eigenvalue weighted by atomic mass is 9.79. The third-order valence-corrected chi connectivity index (χ3v) is 8.43. The number of benzene rings is 1. The molecule has 1 radical (unpaired) electrons. The van der Waals surface area contributed by atoms with Crippen molar-refractivity contribution >= 4 is 0 Å². The molecular weight excluding hydrogens is 444 g/mol. The Morgan fingerprint density at radius 2 is 0.811 bits per heavy atom. The minimum absolute atomic E-state index is 1.30. The molecule has 0 aliphatic rings. The largest absolute Gasteiger partial charge is 0.0654 e. The summed E-state index contributed by atoms with van der Waals surface area (Å²) in [5, 5.41) is 0. The Hall–Kier alpha value is -0.780. The SMILES string of the molecule is CCCCCC[C](CCCCCC)c1ccc(CCCCCC)c(CCCCCC)c1CCCCCC. The highest BCUT2D eigenvalue weighted by atomic mass is 14.2. The average molecular weight is 512 g/mol. The van der Waals surface area contributed by atoms with Gasteiger partial charge in [0.05, 0.1) is 0 Å². The van der Waals surface area contributed by atoms with Gasteiger partial charge >= 0.3 is 0 Å². The minimum Gasteiger partial charge on any atom is -0.0654 e. The summed E-state index contributed by atoms with van der Waals surface area (Å²) in [6, 6.07) is 5.19. The second-order valence-electron chi connectivity index (χ2n) is 11.9. The molecule has 0 spiro atoms. The third-order valence-electron chi connectivity index (χ3n) is 8.43. The Kier molecular flexibility index (Phi) is 22.5. The van der Waals surface area contributed by atoms with Gasteiger partial charge in [0.15, 0.2) is 0 Å². The van der Waals surface area contributed by atoms with Crippen LogP contribution >= 0.6 is 0 Å². The fraction of sp³-hybridized carbons (Fsp3) is 0.811. The van der Waals surface area contributed by atoms with Crippen LogP contribution < -0.4 is 0 Å². The Balaban J connectivity index is 3.28. The lowest BCUT2D eigenvalue weighted by Crippen LogP contribution is -2.11. The van der Waals surface area contributed by atoms with Crippen molar-refractivity contribution in [2.45, 2.75) is 195 Å². The lowest BCUT2D eigenvalue weighted by Gasteiger charge is -2.25. The summed E-state index contributed by atoms with van der Waals surface area (Å²) in [5.74, 6) is 1.81. The maximum atomic E-state index is 2.61. The van der Waals surface area contributed by atoms with Gasteiger partial charge in [-0.3, -0.25) is 0 Å². The number of aryl methyl sites for hydroxylation is 1. The van der Waals surface area contributed by atoms with E-state index in [9.17, 15) is 0 Å². The van der Waals surface area contributed by atoms with E-state index in [0.717, 1.165) is 0 Å². The molecule has 1 aromatic carbocycles. The second-order valence-corrected chi connectivity index (χ2v) is 11.9. The second kappa shape index (κ2) is 24.3. The normalized spacial score (nSPS) is 11.6. The van der Waals surface area contributed by atoms with Gasteiger partial charge in [-0.1, -0.05) is 156 Å². The van der Waals surface area contributed by atoms with Gasteiger partial charge in [-0.15, -0.1) is 0 Å². The van der Waals surface area contributed by atoms with Crippen LogP contribution in [0.25, 0.3) is 0 Å². The molecule has 0 saturated carbocycles. The summed E-state index contributed by atoms with van der Waals surface area (Å²) in [7, 11) is 0. The molecule has 1 aromatic rings. The molecular formula is C37H67. The maximum absolute atomic E-state index is 2.61. The Morgan fingerprint density at radius 3 is 1.27 bits per heavy atom. The molecule has 0 bridgehead atoms. The zero-order valence-corrected chi connectivity index (χ0v) is 26.3. The number of rotatable bonds is 26. The zero-order chi connectivity index (χ0) is 27.0. The summed E-state index contributed by atoms with van der Waals surface area (Å²) in [5.41, 5.74) is 6.99. The molecule has 0 heterocycles. The van der Waals surface area contributed by atoms with Gasteiger partial charge in [-0.25, -0.2) is 0 Å². The molecule has 0 unspecified atom stereocenters. The van der Waals surface area contributed by atoms with Crippen LogP contribution in [-0.4, -0.2) is 0 Å². The molecule has 37 heavy (non-hydrogen) atoms. The molecule has 0 atom stereocenters. The molecule has 0 N–H and O–H groups in total. The van der Waals surface area contributed by atoms with Crippen molar-refractivity contribution < 1.29 is 0 Å². The van der Waals surface area contributed by atoms with E-state index in [1.807, 2.05) is 5.92 Å². The molecule has 0 saturated heterocycles. The standard InChI is InChI=1S/C37H67/c1-6-11-16-21-26-33(27-22-17-12-7-2)36-32-31-34(28-23-18-13-8-3)35(29-24-19-14-9-4)37(36)30-25-20-15-10-5/h31-32H,6-30H2,1-5H3. The molecule has 0 aliphatic heterocycles. The van der Waals surface area contributed by atoms with Crippen molar-refractivity contribution in [1.82, 2.24) is 0 Å². The van der Waals surface area contributed by atoms with Crippen LogP contribution in [0.4, 0.5) is 0 Å². The van der Waals surface area contributed by atoms with Crippen molar-refractivity contribution in [2.75, 3.05) is 0 Å². The first-order valence-corrected chi connectivity index (χ1v) is 17.2. The Morgan fingerprint density at radius 1 is 0.405 bits per heavy atom. The summed E-state index contributed by atoms with van der Waals surface area (Å²) in [6.07, 6.45) is 34.1. The highest BCUT2D eigenvalue weighted by Crippen LogP contribution is 2.35. The quantitative estimate of drug-likeness (QED) is 0.108. The van der Waals surface area contributed by atoms with Gasteiger partial charge in [-0.2, -0.15) is 0 Å². The molecule has 0 aromatic heterocycles. The summed E-state index contributed by atoms with van der Waals surface area (Å²) in [4.78, 5) is 0. The van der Waals surface area contributed by atoms with Crippen LogP contribution in [0.15, 0.2) is 12.1 Å². The first-order valence-electron chi connectivity index (χ1n) is 17.2. The predicted octanol–water partition coefficient (Wildman–Crippen LogP) is 12.9. The Labute approximate surface area is 235 Å². The smallest absolute Gasteiger partial charge is 0.00527 e. The first kappa shape index (κ1) is 34.2. The van der Waals surface area contributed by atoms with E-state index in [4.69, 9.17) is 0 Å². The van der Waals surface area contributed by atoms with Crippen LogP contribution in [0, 0.1) is 5.92 Å². The predicted molar refractivity (Wildman–Crippen MR) is 170 cm³/mol. The van der Waals surface area contributed by atoms with E-state index >= 15 is 0 Å². The Bertz CT molecular complexity index is 615. The van der Waals surface area contributed by atoms with Crippen LogP contribution in [0.2, 0.25) is 0 Å². The van der Waals surface area contributed by atoms with Gasteiger partial charge in [-0.05, 0) is 73.6 Å². The summed E-state index contributed by atoms with van der Waals surface area (Å²) >= 11 is 0. The molecule has 0 aliphatic carbocycles. The van der Waals surface area contributed by atoms with E-state index in [-0.39, 0.29) is 0 Å². The third kappa shape index (κ3) is 15.4. The highest BCUT2D eigenvalue weighted by molar-refractivity contribution is 5.48. The topological polar surface area (TPSA) is 0 Å². The average Bonchev–Trinajstić information content (AvgIpc) is 2.91. The molecule has 1 rings (SSSR count). The van der Waals surface area contributed by atoms with Gasteiger partial charge in [0, 0.05) is 5.92 Å². The fourth-order valence-electron chi connectivity index (χ4n) is 6.03. The van der Waals surface area contributed by atoms with Gasteiger partial charge in [0.2, 0.25) is 0 Å². The molecule has 0 fully saturated rings. The van der Waals surface area contributed by atoms with E-state index in [2.05, 4.69) is 46.8 Å². The summed E-state index contributed by atoms with van der Waals surface area (Å²) in [6.45, 7) is 11.7. The van der Waals surface area contributed by atoms with Crippen LogP contribution in [0.3, 0.4) is 0 Å². The zero-order valence-electron chi connectivity index (χ0n) is 26.3. The van der Waals surface area contributed by atoms with Gasteiger partial charge in [0.1, 0.15) is 0 Å². The van der Waals surface area contributed by atoms with Crippen molar-refractivity contribution in [2.24, 2.45) is 0 Å². The molecule has 0 nitrogen and oxygen atoms in total. The van der Waals surface area contributed by atoms with Crippen LogP contribution in [0.1, 0.15) is 198 Å². The van der Waals surface area contributed by atoms with E-state index in [1.54, 1.807) is 22.3 Å². The van der Waals surface area contributed by atoms with Crippen LogP contribution in [-0.2, 0) is 19.3 Å². The minimum atomic E-state index is 1.30. The fourth-order valence-corrected chi connectivity index (χ4v) is 6.03. The lowest BCUT2D eigenvalue weighted by molar-refractivity contribution is 0.586. The van der Waals surface area contributed by atoms with Crippen molar-refractivity contribution in [3.63, 3.8) is 0 Å². The van der Waals surface area contributed by atoms with Crippen molar-refractivity contribution in [3.8, 4) is 0 Å². The molecule has 0 heteroatoms. The number of hydrogen-bond donors (Lipinski definition) is 0. The van der Waals surface area contributed by atoms with E-state index in [0.29, 0.717) is 0 Å².